The number of allylic oxidation sites excluding steroid dienone is 1. The minimum atomic E-state index is -0.330. The molecule has 0 spiro atoms. The number of nitrogens with two attached hydrogens (primary N) is 1. The Morgan fingerprint density at radius 3 is 2.68 bits per heavy atom. The van der Waals surface area contributed by atoms with Gasteiger partial charge in [0.2, 0.25) is 5.70 Å². The standard InChI is InChI=1S/C30H29N7O/c31-37-15-14-32-18-26(37)27(36-28(37)25-16-20-8-2-4-10-23(20)35-25)30(12-6-1-7-13-30)19-34-29(38)22-17-33-24-11-5-3-9-21(22)24/h2-5,8-11,14-18H,1,6-7,12-13,19,31H2,(H2-,32,33,34,35,36,38)/p+1. The number of carbonyl (C=O) groups excluding carboxylic acids is 1. The molecule has 7 rings (SSSR count). The second-order valence-corrected chi connectivity index (χ2v) is 10.6. The summed E-state index contributed by atoms with van der Waals surface area (Å²) in [6, 6.07) is 18.2. The summed E-state index contributed by atoms with van der Waals surface area (Å²) in [5.74, 6) is 7.73. The van der Waals surface area contributed by atoms with E-state index in [4.69, 9.17) is 10.8 Å². The molecule has 4 aromatic rings. The lowest BCUT2D eigenvalue weighted by Gasteiger charge is -2.37. The first-order valence-electron chi connectivity index (χ1n) is 13.2. The number of nitrogens with zero attached hydrogens (tertiary/aromatic N) is 3. The highest BCUT2D eigenvalue weighted by Gasteiger charge is 2.51. The predicted molar refractivity (Wildman–Crippen MR) is 150 cm³/mol. The Labute approximate surface area is 220 Å². The summed E-state index contributed by atoms with van der Waals surface area (Å²) in [5.41, 5.74) is 5.00. The van der Waals surface area contributed by atoms with Gasteiger partial charge in [0.15, 0.2) is 0 Å². The van der Waals surface area contributed by atoms with Crippen molar-refractivity contribution in [2.45, 2.75) is 32.1 Å². The number of rotatable bonds is 5. The molecule has 0 bridgehead atoms. The van der Waals surface area contributed by atoms with Crippen molar-refractivity contribution < 1.29 is 9.39 Å². The first kappa shape index (κ1) is 22.9. The van der Waals surface area contributed by atoms with Crippen LogP contribution in [0, 0.1) is 5.41 Å². The summed E-state index contributed by atoms with van der Waals surface area (Å²) < 4.78 is -0.0379. The molecule has 190 valence electrons. The van der Waals surface area contributed by atoms with Crippen LogP contribution in [0.4, 0.5) is 0 Å². The molecule has 1 saturated carbocycles. The van der Waals surface area contributed by atoms with Crippen molar-refractivity contribution in [1.82, 2.24) is 15.3 Å². The molecule has 1 unspecified atom stereocenters. The number of H-pyrrole nitrogens is 2. The lowest BCUT2D eigenvalue weighted by Crippen LogP contribution is -2.53. The number of quaternary nitrogens is 1. The van der Waals surface area contributed by atoms with Crippen molar-refractivity contribution in [3.63, 3.8) is 0 Å². The van der Waals surface area contributed by atoms with E-state index < -0.39 is 0 Å². The molecule has 1 atom stereocenters. The van der Waals surface area contributed by atoms with Crippen LogP contribution in [0.5, 0.6) is 0 Å². The van der Waals surface area contributed by atoms with Gasteiger partial charge in [0.25, 0.3) is 11.7 Å². The minimum absolute atomic E-state index is 0.0379. The zero-order valence-corrected chi connectivity index (χ0v) is 21.1. The van der Waals surface area contributed by atoms with E-state index in [1.165, 1.54) is 6.42 Å². The van der Waals surface area contributed by atoms with Crippen LogP contribution < -0.4 is 11.2 Å². The fourth-order valence-electron chi connectivity index (χ4n) is 6.27. The third kappa shape index (κ3) is 3.48. The van der Waals surface area contributed by atoms with E-state index in [1.54, 1.807) is 12.4 Å². The smallest absolute Gasteiger partial charge is 0.281 e. The molecule has 1 amide bonds. The van der Waals surface area contributed by atoms with Crippen LogP contribution >= 0.6 is 0 Å². The fourth-order valence-corrected chi connectivity index (χ4v) is 6.27. The highest BCUT2D eigenvalue weighted by atomic mass is 16.1. The maximum Gasteiger partial charge on any atom is 0.281 e. The summed E-state index contributed by atoms with van der Waals surface area (Å²) in [6.45, 7) is 0.491. The van der Waals surface area contributed by atoms with Gasteiger partial charge >= 0.3 is 0 Å². The predicted octanol–water partition coefficient (Wildman–Crippen LogP) is 5.25. The van der Waals surface area contributed by atoms with Gasteiger partial charge in [-0.3, -0.25) is 9.79 Å². The Balaban J connectivity index is 1.28. The number of nitrogens with one attached hydrogen (secondary N) is 3. The van der Waals surface area contributed by atoms with E-state index in [-0.39, 0.29) is 15.9 Å². The number of benzene rings is 2. The van der Waals surface area contributed by atoms with Gasteiger partial charge in [0.1, 0.15) is 17.6 Å². The SMILES string of the molecule is N[N+]12C=CN=CC1=C(C1(CNC(=O)c3c[nH]c4ccccc34)CCCCC1)N=C2c1cc2ccccc2[nH]1. The molecule has 3 aliphatic rings. The van der Waals surface area contributed by atoms with Crippen LogP contribution in [0.25, 0.3) is 21.8 Å². The fraction of sp³-hybridized carbons (Fsp3) is 0.233. The number of amidine groups is 1. The molecule has 1 aliphatic carbocycles. The highest BCUT2D eigenvalue weighted by Crippen LogP contribution is 2.48. The summed E-state index contributed by atoms with van der Waals surface area (Å²) in [7, 11) is 0. The molecule has 8 nitrogen and oxygen atoms in total. The highest BCUT2D eigenvalue weighted by molar-refractivity contribution is 6.07. The van der Waals surface area contributed by atoms with Crippen LogP contribution in [0.3, 0.4) is 0 Å². The molecule has 1 fully saturated rings. The van der Waals surface area contributed by atoms with E-state index in [9.17, 15) is 4.79 Å². The van der Waals surface area contributed by atoms with Gasteiger partial charge in [-0.05, 0) is 31.0 Å². The largest absolute Gasteiger partial charge is 0.360 e. The van der Waals surface area contributed by atoms with Crippen LogP contribution in [0.15, 0.2) is 94.6 Å². The topological polar surface area (TPSA) is 111 Å². The molecule has 0 radical (unpaired) electrons. The van der Waals surface area contributed by atoms with Gasteiger partial charge in [-0.2, -0.15) is 10.8 Å². The number of carbonyl (C=O) groups is 1. The third-order valence-electron chi connectivity index (χ3n) is 8.30. The van der Waals surface area contributed by atoms with Gasteiger partial charge in [0, 0.05) is 40.0 Å². The number of aliphatic imine (C=N–C) groups is 2. The average Bonchev–Trinajstić information content (AvgIpc) is 3.65. The van der Waals surface area contributed by atoms with Crippen molar-refractivity contribution in [1.29, 1.82) is 0 Å². The van der Waals surface area contributed by atoms with Crippen molar-refractivity contribution in [2.75, 3.05) is 6.54 Å². The van der Waals surface area contributed by atoms with Crippen molar-refractivity contribution in [2.24, 2.45) is 21.2 Å². The Morgan fingerprint density at radius 1 is 1.05 bits per heavy atom. The Morgan fingerprint density at radius 2 is 1.84 bits per heavy atom. The molecular weight excluding hydrogens is 474 g/mol. The van der Waals surface area contributed by atoms with Gasteiger partial charge in [-0.1, -0.05) is 55.7 Å². The van der Waals surface area contributed by atoms with E-state index in [0.29, 0.717) is 12.1 Å². The maximum absolute atomic E-state index is 13.4. The zero-order valence-electron chi connectivity index (χ0n) is 21.1. The first-order chi connectivity index (χ1) is 18.6. The molecular formula is C30H30N7O+. The average molecular weight is 505 g/mol. The van der Waals surface area contributed by atoms with Crippen molar-refractivity contribution in [3.8, 4) is 0 Å². The van der Waals surface area contributed by atoms with Gasteiger partial charge in [0.05, 0.1) is 18.0 Å². The van der Waals surface area contributed by atoms with Crippen molar-refractivity contribution in [3.05, 3.63) is 95.8 Å². The maximum atomic E-state index is 13.4. The van der Waals surface area contributed by atoms with Crippen LogP contribution in [0.1, 0.15) is 48.2 Å². The van der Waals surface area contributed by atoms with E-state index >= 15 is 0 Å². The van der Waals surface area contributed by atoms with Gasteiger partial charge in [-0.25, -0.2) is 0 Å². The molecule has 8 heteroatoms. The number of para-hydroxylation sites is 2. The van der Waals surface area contributed by atoms with Crippen molar-refractivity contribution >= 4 is 39.8 Å². The second kappa shape index (κ2) is 8.65. The molecule has 4 heterocycles. The van der Waals surface area contributed by atoms with E-state index in [1.807, 2.05) is 48.8 Å². The van der Waals surface area contributed by atoms with E-state index in [2.05, 4.69) is 38.5 Å². The second-order valence-electron chi connectivity index (χ2n) is 10.6. The molecule has 38 heavy (non-hydrogen) atoms. The number of fused-ring (bicyclic) bond motifs is 3. The summed E-state index contributed by atoms with van der Waals surface area (Å²) in [4.78, 5) is 29.8. The summed E-state index contributed by atoms with van der Waals surface area (Å²) in [5, 5.41) is 5.30. The number of amides is 1. The number of hydrogen-bond donors (Lipinski definition) is 4. The molecule has 2 aliphatic heterocycles. The van der Waals surface area contributed by atoms with Gasteiger partial charge in [-0.15, -0.1) is 4.59 Å². The van der Waals surface area contributed by atoms with E-state index in [0.717, 1.165) is 70.4 Å². The van der Waals surface area contributed by atoms with Crippen LogP contribution in [-0.2, 0) is 0 Å². The summed E-state index contributed by atoms with van der Waals surface area (Å²) in [6.07, 6.45) is 12.4. The Kier molecular flexibility index (Phi) is 5.21. The third-order valence-corrected chi connectivity index (χ3v) is 8.30. The molecule has 5 N–H and O–H groups in total. The molecule has 2 aromatic carbocycles. The Hall–Kier alpha value is -4.27. The lowest BCUT2D eigenvalue weighted by molar-refractivity contribution is -0.751. The van der Waals surface area contributed by atoms with Gasteiger partial charge < -0.3 is 15.3 Å². The minimum Gasteiger partial charge on any atom is -0.360 e. The molecule has 0 saturated heterocycles. The number of hydrogen-bond acceptors (Lipinski definition) is 4. The monoisotopic (exact) mass is 504 g/mol. The summed E-state index contributed by atoms with van der Waals surface area (Å²) >= 11 is 0. The lowest BCUT2D eigenvalue weighted by atomic mass is 9.71. The quantitative estimate of drug-likeness (QED) is 0.220. The number of aromatic nitrogens is 2. The normalized spacial score (nSPS) is 22.2. The Bertz CT molecular complexity index is 1660. The zero-order chi connectivity index (χ0) is 25.7. The number of aromatic amines is 2. The van der Waals surface area contributed by atoms with Crippen LogP contribution in [0.2, 0.25) is 0 Å². The first-order valence-corrected chi connectivity index (χ1v) is 13.2. The molecule has 2 aromatic heterocycles. The van der Waals surface area contributed by atoms with Crippen LogP contribution in [-0.4, -0.2) is 39.1 Å².